The number of hydrogen-bond acceptors (Lipinski definition) is 4. The van der Waals surface area contributed by atoms with Gasteiger partial charge in [0.25, 0.3) is 0 Å². The Kier molecular flexibility index (Phi) is 4.38. The van der Waals surface area contributed by atoms with Crippen LogP contribution in [-0.2, 0) is 9.53 Å². The predicted molar refractivity (Wildman–Crippen MR) is 63.7 cm³/mol. The van der Waals surface area contributed by atoms with Crippen LogP contribution in [0.3, 0.4) is 0 Å². The lowest BCUT2D eigenvalue weighted by atomic mass is 10.2. The van der Waals surface area contributed by atoms with Gasteiger partial charge in [0.2, 0.25) is 0 Å². The molecule has 1 aliphatic heterocycles. The van der Waals surface area contributed by atoms with Gasteiger partial charge >= 0.3 is 5.97 Å². The van der Waals surface area contributed by atoms with Gasteiger partial charge in [-0.2, -0.15) is 0 Å². The highest BCUT2D eigenvalue weighted by Crippen LogP contribution is 2.44. The molecule has 0 aliphatic carbocycles. The SMILES string of the molecule is CCOC(=O)C1(SC)CC=C(C)CS1. The minimum Gasteiger partial charge on any atom is -0.464 e. The van der Waals surface area contributed by atoms with Crippen molar-refractivity contribution >= 4 is 29.5 Å². The molecular weight excluding hydrogens is 216 g/mol. The molecule has 0 saturated heterocycles. The number of rotatable bonds is 3. The van der Waals surface area contributed by atoms with E-state index in [1.807, 2.05) is 13.2 Å². The Morgan fingerprint density at radius 2 is 2.50 bits per heavy atom. The Bertz CT molecular complexity index is 251. The molecule has 1 heterocycles. The summed E-state index contributed by atoms with van der Waals surface area (Å²) >= 11 is 3.27. The largest absolute Gasteiger partial charge is 0.464 e. The highest BCUT2D eigenvalue weighted by Gasteiger charge is 2.40. The molecule has 0 aromatic rings. The summed E-state index contributed by atoms with van der Waals surface area (Å²) < 4.78 is 4.71. The topological polar surface area (TPSA) is 26.3 Å². The van der Waals surface area contributed by atoms with E-state index >= 15 is 0 Å². The molecule has 2 nitrogen and oxygen atoms in total. The molecule has 0 fully saturated rings. The first kappa shape index (κ1) is 12.0. The maximum atomic E-state index is 11.8. The van der Waals surface area contributed by atoms with Crippen molar-refractivity contribution in [2.24, 2.45) is 0 Å². The van der Waals surface area contributed by atoms with Crippen molar-refractivity contribution in [3.63, 3.8) is 0 Å². The van der Waals surface area contributed by atoms with E-state index in [1.165, 1.54) is 5.57 Å². The Hall–Kier alpha value is -0.0900. The number of carbonyl (C=O) groups excluding carboxylic acids is 1. The summed E-state index contributed by atoms with van der Waals surface area (Å²) in [5.41, 5.74) is 1.35. The lowest BCUT2D eigenvalue weighted by Gasteiger charge is -2.31. The van der Waals surface area contributed by atoms with Crippen LogP contribution in [0.1, 0.15) is 20.3 Å². The summed E-state index contributed by atoms with van der Waals surface area (Å²) in [5, 5.41) is 0. The molecule has 0 aromatic heterocycles. The summed E-state index contributed by atoms with van der Waals surface area (Å²) in [6.45, 7) is 4.41. The van der Waals surface area contributed by atoms with Crippen molar-refractivity contribution in [2.45, 2.75) is 24.3 Å². The summed E-state index contributed by atoms with van der Waals surface area (Å²) in [7, 11) is 0. The molecule has 80 valence electrons. The second-order valence-electron chi connectivity index (χ2n) is 3.22. The van der Waals surface area contributed by atoms with E-state index in [0.29, 0.717) is 6.61 Å². The van der Waals surface area contributed by atoms with Gasteiger partial charge in [-0.05, 0) is 20.1 Å². The maximum absolute atomic E-state index is 11.8. The van der Waals surface area contributed by atoms with E-state index in [-0.39, 0.29) is 5.97 Å². The zero-order chi connectivity index (χ0) is 10.6. The standard InChI is InChI=1S/C10H16O2S2/c1-4-12-9(11)10(13-3)6-5-8(2)7-14-10/h5H,4,6-7H2,1-3H3. The van der Waals surface area contributed by atoms with Crippen LogP contribution in [0.2, 0.25) is 0 Å². The number of thioether (sulfide) groups is 2. The molecule has 1 atom stereocenters. The summed E-state index contributed by atoms with van der Waals surface area (Å²) in [5.74, 6) is 0.848. The molecular formula is C10H16O2S2. The van der Waals surface area contributed by atoms with Crippen molar-refractivity contribution in [1.29, 1.82) is 0 Å². The van der Waals surface area contributed by atoms with E-state index in [0.717, 1.165) is 12.2 Å². The lowest BCUT2D eigenvalue weighted by Crippen LogP contribution is -2.35. The van der Waals surface area contributed by atoms with Gasteiger partial charge < -0.3 is 4.74 Å². The second-order valence-corrected chi connectivity index (χ2v) is 5.86. The molecule has 0 N–H and O–H groups in total. The van der Waals surface area contributed by atoms with Crippen LogP contribution in [0.5, 0.6) is 0 Å². The van der Waals surface area contributed by atoms with Crippen LogP contribution in [0, 0.1) is 0 Å². The van der Waals surface area contributed by atoms with Gasteiger partial charge in [-0.25, -0.2) is 4.79 Å². The van der Waals surface area contributed by atoms with Crippen molar-refractivity contribution in [1.82, 2.24) is 0 Å². The van der Waals surface area contributed by atoms with Crippen molar-refractivity contribution < 1.29 is 9.53 Å². The van der Waals surface area contributed by atoms with Gasteiger partial charge in [-0.1, -0.05) is 11.6 Å². The normalized spacial score (nSPS) is 26.9. The summed E-state index contributed by atoms with van der Waals surface area (Å²) in [4.78, 5) is 11.8. The lowest BCUT2D eigenvalue weighted by molar-refractivity contribution is -0.143. The Labute approximate surface area is 93.8 Å². The van der Waals surface area contributed by atoms with E-state index in [1.54, 1.807) is 23.5 Å². The third-order valence-corrected chi connectivity index (χ3v) is 5.41. The van der Waals surface area contributed by atoms with E-state index in [2.05, 4.69) is 13.0 Å². The summed E-state index contributed by atoms with van der Waals surface area (Å²) in [6.07, 6.45) is 4.89. The Morgan fingerprint density at radius 1 is 1.79 bits per heavy atom. The number of esters is 1. The molecule has 4 heteroatoms. The van der Waals surface area contributed by atoms with Crippen molar-refractivity contribution in [2.75, 3.05) is 18.6 Å². The molecule has 0 saturated carbocycles. The van der Waals surface area contributed by atoms with Crippen LogP contribution in [0.25, 0.3) is 0 Å². The predicted octanol–water partition coefficient (Wildman–Crippen LogP) is 2.69. The number of ether oxygens (including phenoxy) is 1. The second kappa shape index (κ2) is 5.12. The first-order chi connectivity index (χ1) is 6.64. The zero-order valence-electron chi connectivity index (χ0n) is 8.83. The molecule has 0 radical (unpaired) electrons. The van der Waals surface area contributed by atoms with Gasteiger partial charge in [0.15, 0.2) is 4.08 Å². The molecule has 0 aromatic carbocycles. The average molecular weight is 232 g/mol. The molecule has 0 amide bonds. The van der Waals surface area contributed by atoms with Gasteiger partial charge in [0.05, 0.1) is 6.61 Å². The Balaban J connectivity index is 2.73. The number of hydrogen-bond donors (Lipinski definition) is 0. The molecule has 1 aliphatic rings. The van der Waals surface area contributed by atoms with Gasteiger partial charge in [0, 0.05) is 12.2 Å². The Morgan fingerprint density at radius 3 is 2.93 bits per heavy atom. The molecule has 14 heavy (non-hydrogen) atoms. The molecule has 1 rings (SSSR count). The highest BCUT2D eigenvalue weighted by atomic mass is 32.2. The molecule has 0 bridgehead atoms. The third kappa shape index (κ3) is 2.48. The average Bonchev–Trinajstić information content (AvgIpc) is 2.20. The fourth-order valence-electron chi connectivity index (χ4n) is 1.27. The minimum atomic E-state index is -0.393. The number of allylic oxidation sites excluding steroid dienone is 1. The first-order valence-electron chi connectivity index (χ1n) is 4.66. The summed E-state index contributed by atoms with van der Waals surface area (Å²) in [6, 6.07) is 0. The van der Waals surface area contributed by atoms with Crippen LogP contribution in [0.4, 0.5) is 0 Å². The van der Waals surface area contributed by atoms with Gasteiger partial charge in [0.1, 0.15) is 0 Å². The first-order valence-corrected chi connectivity index (χ1v) is 6.87. The van der Waals surface area contributed by atoms with Crippen molar-refractivity contribution in [3.8, 4) is 0 Å². The van der Waals surface area contributed by atoms with Crippen molar-refractivity contribution in [3.05, 3.63) is 11.6 Å². The van der Waals surface area contributed by atoms with Crippen LogP contribution < -0.4 is 0 Å². The monoisotopic (exact) mass is 232 g/mol. The highest BCUT2D eigenvalue weighted by molar-refractivity contribution is 8.19. The number of carbonyl (C=O) groups is 1. The van der Waals surface area contributed by atoms with E-state index in [4.69, 9.17) is 4.74 Å². The van der Waals surface area contributed by atoms with Gasteiger partial charge in [-0.3, -0.25) is 0 Å². The fraction of sp³-hybridized carbons (Fsp3) is 0.700. The smallest absolute Gasteiger partial charge is 0.332 e. The molecule has 0 spiro atoms. The molecule has 1 unspecified atom stereocenters. The quantitative estimate of drug-likeness (QED) is 0.552. The fourth-order valence-corrected chi connectivity index (χ4v) is 3.35. The van der Waals surface area contributed by atoms with E-state index in [9.17, 15) is 4.79 Å². The van der Waals surface area contributed by atoms with Crippen LogP contribution in [-0.4, -0.2) is 28.7 Å². The maximum Gasteiger partial charge on any atom is 0.332 e. The van der Waals surface area contributed by atoms with Crippen LogP contribution >= 0.6 is 23.5 Å². The van der Waals surface area contributed by atoms with E-state index < -0.39 is 4.08 Å². The third-order valence-electron chi connectivity index (χ3n) is 2.17. The van der Waals surface area contributed by atoms with Crippen LogP contribution in [0.15, 0.2) is 11.6 Å². The minimum absolute atomic E-state index is 0.0822. The zero-order valence-corrected chi connectivity index (χ0v) is 10.5. The van der Waals surface area contributed by atoms with Gasteiger partial charge in [-0.15, -0.1) is 23.5 Å².